The number of carbonyl (C=O) groups is 1. The monoisotopic (exact) mass is 224 g/mol. The molecule has 2 aromatic carbocycles. The Morgan fingerprint density at radius 1 is 1.12 bits per heavy atom. The van der Waals surface area contributed by atoms with Crippen LogP contribution in [0.3, 0.4) is 0 Å². The molecule has 0 amide bonds. The van der Waals surface area contributed by atoms with Gasteiger partial charge in [0.05, 0.1) is 0 Å². The van der Waals surface area contributed by atoms with Crippen LogP contribution in [0.15, 0.2) is 54.1 Å². The topological polar surface area (TPSA) is 17.1 Å². The van der Waals surface area contributed by atoms with Gasteiger partial charge in [-0.15, -0.1) is 0 Å². The van der Waals surface area contributed by atoms with Crippen molar-refractivity contribution in [1.29, 1.82) is 0 Å². The van der Waals surface area contributed by atoms with Crippen molar-refractivity contribution in [3.63, 3.8) is 0 Å². The van der Waals surface area contributed by atoms with Gasteiger partial charge in [0.1, 0.15) is 6.29 Å². The van der Waals surface area contributed by atoms with Crippen LogP contribution in [0.5, 0.6) is 0 Å². The first-order valence-electron chi connectivity index (χ1n) is 5.83. The molecule has 0 fully saturated rings. The Bertz CT molecular complexity index is 561. The summed E-state index contributed by atoms with van der Waals surface area (Å²) in [5.74, 6) is 0.256. The number of rotatable bonds is 3. The van der Waals surface area contributed by atoms with Gasteiger partial charge in [0.25, 0.3) is 0 Å². The van der Waals surface area contributed by atoms with E-state index in [-0.39, 0.29) is 5.92 Å². The molecule has 0 spiro atoms. The maximum absolute atomic E-state index is 10.7. The summed E-state index contributed by atoms with van der Waals surface area (Å²) in [5, 5.41) is 2.51. The lowest BCUT2D eigenvalue weighted by Crippen LogP contribution is -1.93. The van der Waals surface area contributed by atoms with Gasteiger partial charge in [-0.25, -0.2) is 0 Å². The summed E-state index contributed by atoms with van der Waals surface area (Å²) >= 11 is 0. The van der Waals surface area contributed by atoms with Gasteiger partial charge < -0.3 is 0 Å². The lowest BCUT2D eigenvalue weighted by atomic mass is 9.93. The van der Waals surface area contributed by atoms with Crippen molar-refractivity contribution in [3.8, 4) is 0 Å². The van der Waals surface area contributed by atoms with Gasteiger partial charge in [-0.1, -0.05) is 55.5 Å². The fourth-order valence-electron chi connectivity index (χ4n) is 2.17. The number of allylic oxidation sites excluding steroid dienone is 2. The van der Waals surface area contributed by atoms with Crippen LogP contribution in [0.2, 0.25) is 0 Å². The zero-order valence-corrected chi connectivity index (χ0v) is 10.2. The molecule has 0 saturated carbocycles. The van der Waals surface area contributed by atoms with Crippen molar-refractivity contribution in [2.24, 2.45) is 0 Å². The zero-order chi connectivity index (χ0) is 12.3. The summed E-state index contributed by atoms with van der Waals surface area (Å²) in [6.07, 6.45) is 2.91. The Morgan fingerprint density at radius 3 is 2.59 bits per heavy atom. The third kappa shape index (κ3) is 2.44. The number of aldehydes is 1. The fourth-order valence-corrected chi connectivity index (χ4v) is 2.17. The van der Waals surface area contributed by atoms with Crippen molar-refractivity contribution < 1.29 is 4.79 Å². The van der Waals surface area contributed by atoms with Crippen LogP contribution in [0.25, 0.3) is 10.8 Å². The van der Waals surface area contributed by atoms with E-state index in [0.29, 0.717) is 0 Å². The minimum atomic E-state index is 0.256. The Morgan fingerprint density at radius 2 is 1.82 bits per heavy atom. The van der Waals surface area contributed by atoms with E-state index in [1.165, 1.54) is 16.3 Å². The van der Waals surface area contributed by atoms with Gasteiger partial charge in [0.2, 0.25) is 0 Å². The highest BCUT2D eigenvalue weighted by molar-refractivity contribution is 5.86. The molecule has 1 heteroatoms. The summed E-state index contributed by atoms with van der Waals surface area (Å²) in [6, 6.07) is 14.6. The molecule has 0 aliphatic rings. The molecule has 2 aromatic rings. The van der Waals surface area contributed by atoms with E-state index in [2.05, 4.69) is 43.3 Å². The molecular weight excluding hydrogens is 208 g/mol. The summed E-state index contributed by atoms with van der Waals surface area (Å²) in [4.78, 5) is 10.7. The van der Waals surface area contributed by atoms with Crippen molar-refractivity contribution in [2.75, 3.05) is 0 Å². The van der Waals surface area contributed by atoms with E-state index in [1.54, 1.807) is 0 Å². The second-order valence-corrected chi connectivity index (χ2v) is 4.39. The summed E-state index contributed by atoms with van der Waals surface area (Å²) < 4.78 is 0. The Labute approximate surface area is 102 Å². The van der Waals surface area contributed by atoms with Crippen molar-refractivity contribution in [2.45, 2.75) is 19.8 Å². The molecule has 0 radical (unpaired) electrons. The molecule has 0 aliphatic carbocycles. The molecule has 1 nitrogen and oxygen atoms in total. The van der Waals surface area contributed by atoms with Gasteiger partial charge in [-0.2, -0.15) is 0 Å². The first kappa shape index (κ1) is 11.6. The van der Waals surface area contributed by atoms with Crippen LogP contribution in [-0.2, 0) is 4.79 Å². The minimum Gasteiger partial charge on any atom is -0.298 e. The molecule has 17 heavy (non-hydrogen) atoms. The van der Waals surface area contributed by atoms with Gasteiger partial charge >= 0.3 is 0 Å². The fraction of sp³-hybridized carbons (Fsp3) is 0.188. The van der Waals surface area contributed by atoms with E-state index in [4.69, 9.17) is 0 Å². The third-order valence-electron chi connectivity index (χ3n) is 3.01. The first-order chi connectivity index (χ1) is 8.22. The van der Waals surface area contributed by atoms with Gasteiger partial charge in [-0.3, -0.25) is 4.79 Å². The Kier molecular flexibility index (Phi) is 3.38. The zero-order valence-electron chi connectivity index (χ0n) is 10.2. The van der Waals surface area contributed by atoms with Crippen LogP contribution in [-0.4, -0.2) is 6.29 Å². The lowest BCUT2D eigenvalue weighted by molar-refractivity contribution is -0.104. The lowest BCUT2D eigenvalue weighted by Gasteiger charge is -2.11. The Hall–Kier alpha value is -1.89. The maximum Gasteiger partial charge on any atom is 0.145 e. The standard InChI is InChI=1S/C16H16O/c1-12(11-17)10-13(2)15-9-5-7-14-6-3-4-8-16(14)15/h3-11,13H,1-2H3/b12-10+. The van der Waals surface area contributed by atoms with Gasteiger partial charge in [0, 0.05) is 5.92 Å². The molecule has 0 heterocycles. The molecule has 0 aliphatic heterocycles. The van der Waals surface area contributed by atoms with Gasteiger partial charge in [0.15, 0.2) is 0 Å². The number of carbonyl (C=O) groups excluding carboxylic acids is 1. The smallest absolute Gasteiger partial charge is 0.145 e. The second-order valence-electron chi connectivity index (χ2n) is 4.39. The summed E-state index contributed by atoms with van der Waals surface area (Å²) in [6.45, 7) is 3.96. The molecule has 1 atom stereocenters. The predicted molar refractivity (Wildman–Crippen MR) is 72.2 cm³/mol. The van der Waals surface area contributed by atoms with Crippen LogP contribution in [0, 0.1) is 0 Å². The van der Waals surface area contributed by atoms with E-state index >= 15 is 0 Å². The summed E-state index contributed by atoms with van der Waals surface area (Å²) in [5.41, 5.74) is 2.05. The average molecular weight is 224 g/mol. The minimum absolute atomic E-state index is 0.256. The maximum atomic E-state index is 10.7. The van der Waals surface area contributed by atoms with Crippen LogP contribution < -0.4 is 0 Å². The average Bonchev–Trinajstić information content (AvgIpc) is 2.37. The molecule has 0 bridgehead atoms. The number of benzene rings is 2. The van der Waals surface area contributed by atoms with E-state index in [1.807, 2.05) is 19.1 Å². The van der Waals surface area contributed by atoms with Crippen molar-refractivity contribution in [3.05, 3.63) is 59.7 Å². The largest absolute Gasteiger partial charge is 0.298 e. The van der Waals surface area contributed by atoms with E-state index in [0.717, 1.165) is 11.9 Å². The SMILES string of the molecule is C/C(C=O)=C\C(C)c1cccc2ccccc12. The molecule has 0 saturated heterocycles. The Balaban J connectivity index is 2.52. The van der Waals surface area contributed by atoms with Gasteiger partial charge in [-0.05, 0) is 28.8 Å². The van der Waals surface area contributed by atoms with Crippen LogP contribution >= 0.6 is 0 Å². The molecule has 0 aromatic heterocycles. The molecular formula is C16H16O. The number of fused-ring (bicyclic) bond motifs is 1. The highest BCUT2D eigenvalue weighted by atomic mass is 16.1. The molecule has 2 rings (SSSR count). The number of hydrogen-bond acceptors (Lipinski definition) is 1. The van der Waals surface area contributed by atoms with Crippen molar-refractivity contribution >= 4 is 17.1 Å². The highest BCUT2D eigenvalue weighted by Crippen LogP contribution is 2.26. The highest BCUT2D eigenvalue weighted by Gasteiger charge is 2.06. The third-order valence-corrected chi connectivity index (χ3v) is 3.01. The summed E-state index contributed by atoms with van der Waals surface area (Å²) in [7, 11) is 0. The van der Waals surface area contributed by atoms with Crippen molar-refractivity contribution in [1.82, 2.24) is 0 Å². The van der Waals surface area contributed by atoms with Crippen LogP contribution in [0.1, 0.15) is 25.3 Å². The first-order valence-corrected chi connectivity index (χ1v) is 5.83. The molecule has 1 unspecified atom stereocenters. The van der Waals surface area contributed by atoms with E-state index < -0.39 is 0 Å². The molecule has 0 N–H and O–H groups in total. The van der Waals surface area contributed by atoms with E-state index in [9.17, 15) is 4.79 Å². The number of hydrogen-bond donors (Lipinski definition) is 0. The normalized spacial score (nSPS) is 13.6. The predicted octanol–water partition coefficient (Wildman–Crippen LogP) is 4.09. The quantitative estimate of drug-likeness (QED) is 0.567. The molecule has 86 valence electrons. The van der Waals surface area contributed by atoms with Crippen LogP contribution in [0.4, 0.5) is 0 Å². The second kappa shape index (κ2) is 4.96.